The fraction of sp³-hybridized carbons (Fsp3) is 0.0952. The number of hydrogen-bond acceptors (Lipinski definition) is 3. The number of carbonyl (C=O) groups excluding carboxylic acids is 1. The maximum atomic E-state index is 13.1. The van der Waals surface area contributed by atoms with Gasteiger partial charge in [-0.1, -0.05) is 35.9 Å². The lowest BCUT2D eigenvalue weighted by Gasteiger charge is -2.23. The van der Waals surface area contributed by atoms with E-state index in [2.05, 4.69) is 5.32 Å². The first kappa shape index (κ1) is 19.9. The molecule has 0 aliphatic rings. The zero-order valence-electron chi connectivity index (χ0n) is 15.2. The Morgan fingerprint density at radius 3 is 2.29 bits per heavy atom. The number of benzene rings is 3. The minimum absolute atomic E-state index is 0.0574. The molecular formula is C21H19ClN2O3S. The summed E-state index contributed by atoms with van der Waals surface area (Å²) in [7, 11) is -3.80. The molecule has 0 saturated heterocycles. The van der Waals surface area contributed by atoms with E-state index in [9.17, 15) is 13.2 Å². The first-order chi connectivity index (χ1) is 13.4. The second kappa shape index (κ2) is 8.46. The van der Waals surface area contributed by atoms with E-state index in [-0.39, 0.29) is 17.0 Å². The second-order valence-corrected chi connectivity index (χ2v) is 8.29. The Bertz CT molecular complexity index is 1070. The van der Waals surface area contributed by atoms with Crippen molar-refractivity contribution in [3.05, 3.63) is 89.4 Å². The van der Waals surface area contributed by atoms with Gasteiger partial charge in [0.2, 0.25) is 0 Å². The Kier molecular flexibility index (Phi) is 6.02. The zero-order chi connectivity index (χ0) is 20.1. The Balaban J connectivity index is 1.89. The number of nitrogens with zero attached hydrogens (tertiary/aromatic N) is 1. The molecule has 28 heavy (non-hydrogen) atoms. The van der Waals surface area contributed by atoms with Gasteiger partial charge in [0.05, 0.1) is 10.6 Å². The highest BCUT2D eigenvalue weighted by Gasteiger charge is 2.24. The molecule has 0 saturated carbocycles. The summed E-state index contributed by atoms with van der Waals surface area (Å²) in [6, 6.07) is 21.5. The van der Waals surface area contributed by atoms with E-state index in [4.69, 9.17) is 11.6 Å². The predicted octanol–water partition coefficient (Wildman–Crippen LogP) is 4.81. The molecule has 0 radical (unpaired) electrons. The average Bonchev–Trinajstić information content (AvgIpc) is 2.71. The van der Waals surface area contributed by atoms with Crippen LogP contribution in [0.5, 0.6) is 0 Å². The molecule has 3 aromatic rings. The van der Waals surface area contributed by atoms with E-state index in [1.54, 1.807) is 67.6 Å². The Labute approximate surface area is 169 Å². The lowest BCUT2D eigenvalue weighted by Crippen LogP contribution is -2.30. The smallest absolute Gasteiger partial charge is 0.264 e. The number of sulfonamides is 1. The molecule has 0 aliphatic heterocycles. The molecular weight excluding hydrogens is 396 g/mol. The molecule has 0 heterocycles. The van der Waals surface area contributed by atoms with Crippen LogP contribution in [-0.4, -0.2) is 20.9 Å². The number of nitrogens with one attached hydrogen (secondary N) is 1. The van der Waals surface area contributed by atoms with Crippen LogP contribution in [0.15, 0.2) is 83.8 Å². The van der Waals surface area contributed by atoms with Crippen molar-refractivity contribution in [3.8, 4) is 0 Å². The highest BCUT2D eigenvalue weighted by molar-refractivity contribution is 7.92. The molecule has 3 aromatic carbocycles. The highest BCUT2D eigenvalue weighted by atomic mass is 35.5. The van der Waals surface area contributed by atoms with Gasteiger partial charge in [-0.05, 0) is 61.5 Å². The van der Waals surface area contributed by atoms with E-state index in [0.29, 0.717) is 16.4 Å². The monoisotopic (exact) mass is 414 g/mol. The quantitative estimate of drug-likeness (QED) is 0.629. The van der Waals surface area contributed by atoms with Crippen molar-refractivity contribution >= 4 is 38.9 Å². The summed E-state index contributed by atoms with van der Waals surface area (Å²) in [5.74, 6) is -0.401. The van der Waals surface area contributed by atoms with Gasteiger partial charge in [-0.15, -0.1) is 0 Å². The molecule has 0 aromatic heterocycles. The molecule has 0 spiro atoms. The van der Waals surface area contributed by atoms with Gasteiger partial charge in [0.25, 0.3) is 15.9 Å². The standard InChI is InChI=1S/C21H19ClN2O3S/c1-2-24(19-8-4-3-5-9-19)28(26,27)20-10-6-7-16(15-20)21(25)23-18-13-11-17(22)12-14-18/h3-15H,2H2,1H3,(H,23,25). The molecule has 5 nitrogen and oxygen atoms in total. The number of carbonyl (C=O) groups is 1. The third kappa shape index (κ3) is 4.35. The summed E-state index contributed by atoms with van der Waals surface area (Å²) < 4.78 is 27.5. The Morgan fingerprint density at radius 1 is 0.964 bits per heavy atom. The van der Waals surface area contributed by atoms with Gasteiger partial charge < -0.3 is 5.32 Å². The third-order valence-corrected chi connectivity index (χ3v) is 6.27. The molecule has 0 unspecified atom stereocenters. The number of para-hydroxylation sites is 1. The van der Waals surface area contributed by atoms with Gasteiger partial charge in [0.1, 0.15) is 0 Å². The predicted molar refractivity (Wildman–Crippen MR) is 112 cm³/mol. The maximum absolute atomic E-state index is 13.1. The number of halogens is 1. The van der Waals surface area contributed by atoms with E-state index in [1.807, 2.05) is 6.07 Å². The van der Waals surface area contributed by atoms with Crippen LogP contribution in [-0.2, 0) is 10.0 Å². The van der Waals surface area contributed by atoms with Gasteiger partial charge in [-0.3, -0.25) is 9.10 Å². The lowest BCUT2D eigenvalue weighted by atomic mass is 10.2. The van der Waals surface area contributed by atoms with E-state index in [1.165, 1.54) is 16.4 Å². The second-order valence-electron chi connectivity index (χ2n) is 5.99. The van der Waals surface area contributed by atoms with Gasteiger partial charge in [-0.25, -0.2) is 8.42 Å². The molecule has 0 aliphatic carbocycles. The van der Waals surface area contributed by atoms with Crippen molar-refractivity contribution in [2.75, 3.05) is 16.2 Å². The topological polar surface area (TPSA) is 66.5 Å². The van der Waals surface area contributed by atoms with Crippen LogP contribution < -0.4 is 9.62 Å². The zero-order valence-corrected chi connectivity index (χ0v) is 16.7. The molecule has 1 amide bonds. The first-order valence-electron chi connectivity index (χ1n) is 8.66. The maximum Gasteiger partial charge on any atom is 0.264 e. The van der Waals surface area contributed by atoms with Gasteiger partial charge >= 0.3 is 0 Å². The van der Waals surface area contributed by atoms with Crippen LogP contribution in [0.3, 0.4) is 0 Å². The lowest BCUT2D eigenvalue weighted by molar-refractivity contribution is 0.102. The minimum Gasteiger partial charge on any atom is -0.322 e. The van der Waals surface area contributed by atoms with Crippen LogP contribution >= 0.6 is 11.6 Å². The number of hydrogen-bond donors (Lipinski definition) is 1. The third-order valence-electron chi connectivity index (χ3n) is 4.12. The van der Waals surface area contributed by atoms with Crippen LogP contribution in [0.2, 0.25) is 5.02 Å². The highest BCUT2D eigenvalue weighted by Crippen LogP contribution is 2.24. The first-order valence-corrected chi connectivity index (χ1v) is 10.5. The van der Waals surface area contributed by atoms with Crippen molar-refractivity contribution in [2.24, 2.45) is 0 Å². The number of amides is 1. The van der Waals surface area contributed by atoms with Gasteiger partial charge in [-0.2, -0.15) is 0 Å². The molecule has 144 valence electrons. The van der Waals surface area contributed by atoms with Crippen molar-refractivity contribution in [1.82, 2.24) is 0 Å². The van der Waals surface area contributed by atoms with Crippen molar-refractivity contribution < 1.29 is 13.2 Å². The number of rotatable bonds is 6. The SMILES string of the molecule is CCN(c1ccccc1)S(=O)(=O)c1cccc(C(=O)Nc2ccc(Cl)cc2)c1. The van der Waals surface area contributed by atoms with Crippen LogP contribution in [0.4, 0.5) is 11.4 Å². The fourth-order valence-electron chi connectivity index (χ4n) is 2.75. The van der Waals surface area contributed by atoms with Crippen LogP contribution in [0.1, 0.15) is 17.3 Å². The fourth-order valence-corrected chi connectivity index (χ4v) is 4.39. The molecule has 0 atom stereocenters. The summed E-state index contributed by atoms with van der Waals surface area (Å²) in [6.45, 7) is 2.04. The summed E-state index contributed by atoms with van der Waals surface area (Å²) in [6.07, 6.45) is 0. The largest absolute Gasteiger partial charge is 0.322 e. The molecule has 1 N–H and O–H groups in total. The van der Waals surface area contributed by atoms with Crippen molar-refractivity contribution in [1.29, 1.82) is 0 Å². The van der Waals surface area contributed by atoms with E-state index >= 15 is 0 Å². The summed E-state index contributed by atoms with van der Waals surface area (Å²) in [4.78, 5) is 12.6. The van der Waals surface area contributed by atoms with E-state index < -0.39 is 15.9 Å². The van der Waals surface area contributed by atoms with Crippen molar-refractivity contribution in [2.45, 2.75) is 11.8 Å². The molecule has 0 fully saturated rings. The van der Waals surface area contributed by atoms with E-state index in [0.717, 1.165) is 0 Å². The van der Waals surface area contributed by atoms with Gasteiger partial charge in [0, 0.05) is 22.8 Å². The average molecular weight is 415 g/mol. The summed E-state index contributed by atoms with van der Waals surface area (Å²) >= 11 is 5.85. The molecule has 7 heteroatoms. The molecule has 0 bridgehead atoms. The Hall–Kier alpha value is -2.83. The summed E-state index contributed by atoms with van der Waals surface area (Å²) in [5, 5.41) is 3.29. The minimum atomic E-state index is -3.80. The normalized spacial score (nSPS) is 11.1. The van der Waals surface area contributed by atoms with Gasteiger partial charge in [0.15, 0.2) is 0 Å². The van der Waals surface area contributed by atoms with Crippen molar-refractivity contribution in [3.63, 3.8) is 0 Å². The van der Waals surface area contributed by atoms with Crippen LogP contribution in [0.25, 0.3) is 0 Å². The number of anilines is 2. The van der Waals surface area contributed by atoms with Crippen LogP contribution in [0, 0.1) is 0 Å². The summed E-state index contributed by atoms with van der Waals surface area (Å²) in [5.41, 5.74) is 1.39. The Morgan fingerprint density at radius 2 is 1.64 bits per heavy atom. The molecule has 3 rings (SSSR count).